The van der Waals surface area contributed by atoms with Crippen LogP contribution in [-0.2, 0) is 16.0 Å². The third-order valence-electron chi connectivity index (χ3n) is 2.53. The molecular weight excluding hydrogens is 234 g/mol. The molecule has 0 aliphatic heterocycles. The molecule has 1 aromatic carbocycles. The van der Waals surface area contributed by atoms with Crippen LogP contribution < -0.4 is 10.5 Å². The van der Waals surface area contributed by atoms with Gasteiger partial charge in [0.1, 0.15) is 11.8 Å². The van der Waals surface area contributed by atoms with E-state index in [1.165, 1.54) is 7.11 Å². The molecule has 1 aromatic rings. The number of hydrogen-bond acceptors (Lipinski definition) is 5. The summed E-state index contributed by atoms with van der Waals surface area (Å²) in [6.45, 7) is 0.490. The van der Waals surface area contributed by atoms with Crippen LogP contribution in [0.4, 0.5) is 0 Å². The molecule has 0 bridgehead atoms. The Kier molecular flexibility index (Phi) is 6.18. The van der Waals surface area contributed by atoms with Gasteiger partial charge in [-0.1, -0.05) is 12.1 Å². The second kappa shape index (κ2) is 7.68. The van der Waals surface area contributed by atoms with Crippen molar-refractivity contribution < 1.29 is 19.4 Å². The van der Waals surface area contributed by atoms with E-state index in [9.17, 15) is 4.79 Å². The van der Waals surface area contributed by atoms with Crippen LogP contribution in [0.3, 0.4) is 0 Å². The van der Waals surface area contributed by atoms with Crippen molar-refractivity contribution in [2.75, 3.05) is 20.3 Å². The molecule has 18 heavy (non-hydrogen) atoms. The highest BCUT2D eigenvalue weighted by molar-refractivity contribution is 5.75. The van der Waals surface area contributed by atoms with Crippen LogP contribution in [0.5, 0.6) is 5.75 Å². The van der Waals surface area contributed by atoms with E-state index >= 15 is 0 Å². The lowest BCUT2D eigenvalue weighted by Crippen LogP contribution is -2.33. The van der Waals surface area contributed by atoms with Crippen LogP contribution >= 0.6 is 0 Å². The van der Waals surface area contributed by atoms with Crippen LogP contribution in [-0.4, -0.2) is 37.4 Å². The Balaban J connectivity index is 2.33. The topological polar surface area (TPSA) is 81.8 Å². The molecule has 5 heteroatoms. The van der Waals surface area contributed by atoms with Gasteiger partial charge < -0.3 is 20.3 Å². The SMILES string of the molecule is COC(=O)C(N)CCOc1ccc(CCO)cc1. The molecule has 0 aliphatic carbocycles. The van der Waals surface area contributed by atoms with Gasteiger partial charge in [-0.05, 0) is 24.1 Å². The zero-order chi connectivity index (χ0) is 13.4. The predicted molar refractivity (Wildman–Crippen MR) is 67.3 cm³/mol. The molecular formula is C13H19NO4. The average molecular weight is 253 g/mol. The maximum Gasteiger partial charge on any atom is 0.322 e. The quantitative estimate of drug-likeness (QED) is 0.691. The van der Waals surface area contributed by atoms with Gasteiger partial charge in [0.25, 0.3) is 0 Å². The number of hydrogen-bond donors (Lipinski definition) is 2. The summed E-state index contributed by atoms with van der Waals surface area (Å²) in [5.74, 6) is 0.283. The van der Waals surface area contributed by atoms with Gasteiger partial charge in [-0.15, -0.1) is 0 Å². The number of aliphatic hydroxyl groups excluding tert-OH is 1. The zero-order valence-corrected chi connectivity index (χ0v) is 10.5. The van der Waals surface area contributed by atoms with E-state index in [2.05, 4.69) is 4.74 Å². The fraction of sp³-hybridized carbons (Fsp3) is 0.462. The second-order valence-electron chi connectivity index (χ2n) is 3.88. The lowest BCUT2D eigenvalue weighted by atomic mass is 10.1. The molecule has 0 saturated carbocycles. The predicted octanol–water partition coefficient (Wildman–Crippen LogP) is 0.491. The third-order valence-corrected chi connectivity index (χ3v) is 2.53. The first-order valence-electron chi connectivity index (χ1n) is 5.83. The number of carbonyl (C=O) groups excluding carboxylic acids is 1. The molecule has 1 rings (SSSR count). The van der Waals surface area contributed by atoms with E-state index in [4.69, 9.17) is 15.6 Å². The molecule has 0 fully saturated rings. The monoisotopic (exact) mass is 253 g/mol. The number of esters is 1. The lowest BCUT2D eigenvalue weighted by Gasteiger charge is -2.10. The molecule has 5 nitrogen and oxygen atoms in total. The zero-order valence-electron chi connectivity index (χ0n) is 10.5. The fourth-order valence-electron chi connectivity index (χ4n) is 1.45. The number of ether oxygens (including phenoxy) is 2. The Morgan fingerprint density at radius 1 is 1.39 bits per heavy atom. The maximum absolute atomic E-state index is 11.0. The number of aliphatic hydroxyl groups is 1. The van der Waals surface area contributed by atoms with E-state index in [1.54, 1.807) is 0 Å². The van der Waals surface area contributed by atoms with Gasteiger partial charge in [0.15, 0.2) is 0 Å². The summed E-state index contributed by atoms with van der Waals surface area (Å²) >= 11 is 0. The van der Waals surface area contributed by atoms with Crippen molar-refractivity contribution in [1.29, 1.82) is 0 Å². The number of methoxy groups -OCH3 is 1. The minimum Gasteiger partial charge on any atom is -0.494 e. The smallest absolute Gasteiger partial charge is 0.322 e. The molecule has 0 amide bonds. The number of nitrogens with two attached hydrogens (primary N) is 1. The first-order valence-corrected chi connectivity index (χ1v) is 5.83. The summed E-state index contributed by atoms with van der Waals surface area (Å²) < 4.78 is 9.97. The third kappa shape index (κ3) is 4.73. The van der Waals surface area contributed by atoms with Gasteiger partial charge in [-0.3, -0.25) is 4.79 Å². The van der Waals surface area contributed by atoms with Crippen LogP contribution in [0.15, 0.2) is 24.3 Å². The van der Waals surface area contributed by atoms with Gasteiger partial charge >= 0.3 is 5.97 Å². The van der Waals surface area contributed by atoms with Crippen molar-refractivity contribution in [1.82, 2.24) is 0 Å². The summed E-state index contributed by atoms with van der Waals surface area (Å²) in [6, 6.07) is 6.80. The highest BCUT2D eigenvalue weighted by Crippen LogP contribution is 2.12. The standard InChI is InChI=1S/C13H19NO4/c1-17-13(16)12(14)7-9-18-11-4-2-10(3-5-11)6-8-15/h2-5,12,15H,6-9,14H2,1H3. The van der Waals surface area contributed by atoms with Crippen LogP contribution in [0.25, 0.3) is 0 Å². The van der Waals surface area contributed by atoms with Crippen molar-refractivity contribution in [3.63, 3.8) is 0 Å². The van der Waals surface area contributed by atoms with E-state index < -0.39 is 12.0 Å². The minimum absolute atomic E-state index is 0.133. The van der Waals surface area contributed by atoms with Crippen molar-refractivity contribution in [2.24, 2.45) is 5.73 Å². The van der Waals surface area contributed by atoms with Crippen LogP contribution in [0.2, 0.25) is 0 Å². The summed E-state index contributed by atoms with van der Waals surface area (Å²) in [4.78, 5) is 11.0. The Bertz CT molecular complexity index is 364. The van der Waals surface area contributed by atoms with Crippen LogP contribution in [0.1, 0.15) is 12.0 Å². The van der Waals surface area contributed by atoms with E-state index in [0.29, 0.717) is 25.2 Å². The summed E-state index contributed by atoms with van der Waals surface area (Å²) in [5, 5.41) is 8.78. The van der Waals surface area contributed by atoms with Crippen LogP contribution in [0, 0.1) is 0 Å². The van der Waals surface area contributed by atoms with Gasteiger partial charge in [0, 0.05) is 13.0 Å². The van der Waals surface area contributed by atoms with Gasteiger partial charge in [0.05, 0.1) is 13.7 Å². The Morgan fingerprint density at radius 3 is 2.61 bits per heavy atom. The van der Waals surface area contributed by atoms with E-state index in [-0.39, 0.29) is 6.61 Å². The molecule has 0 spiro atoms. The molecule has 0 saturated heterocycles. The molecule has 0 aliphatic rings. The molecule has 0 aromatic heterocycles. The molecule has 1 unspecified atom stereocenters. The second-order valence-corrected chi connectivity index (χ2v) is 3.88. The summed E-state index contributed by atoms with van der Waals surface area (Å²) in [5.41, 5.74) is 6.63. The normalized spacial score (nSPS) is 11.9. The minimum atomic E-state index is -0.649. The Morgan fingerprint density at radius 2 is 2.06 bits per heavy atom. The Labute approximate surface area is 107 Å². The van der Waals surface area contributed by atoms with E-state index in [1.807, 2.05) is 24.3 Å². The number of benzene rings is 1. The number of rotatable bonds is 7. The van der Waals surface area contributed by atoms with E-state index in [0.717, 1.165) is 5.56 Å². The molecule has 100 valence electrons. The van der Waals surface area contributed by atoms with Crippen molar-refractivity contribution in [3.8, 4) is 5.75 Å². The maximum atomic E-state index is 11.0. The molecule has 0 heterocycles. The first-order chi connectivity index (χ1) is 8.67. The molecule has 1 atom stereocenters. The lowest BCUT2D eigenvalue weighted by molar-refractivity contribution is -0.142. The molecule has 0 radical (unpaired) electrons. The van der Waals surface area contributed by atoms with Crippen molar-refractivity contribution in [3.05, 3.63) is 29.8 Å². The average Bonchev–Trinajstić information content (AvgIpc) is 2.40. The Hall–Kier alpha value is -1.59. The van der Waals surface area contributed by atoms with Crippen molar-refractivity contribution >= 4 is 5.97 Å². The largest absolute Gasteiger partial charge is 0.494 e. The van der Waals surface area contributed by atoms with Gasteiger partial charge in [-0.2, -0.15) is 0 Å². The first kappa shape index (κ1) is 14.5. The molecule has 3 N–H and O–H groups in total. The van der Waals surface area contributed by atoms with Gasteiger partial charge in [-0.25, -0.2) is 0 Å². The fourth-order valence-corrected chi connectivity index (χ4v) is 1.45. The summed E-state index contributed by atoms with van der Waals surface area (Å²) in [6.07, 6.45) is 1.04. The van der Waals surface area contributed by atoms with Gasteiger partial charge in [0.2, 0.25) is 0 Å². The summed E-state index contributed by atoms with van der Waals surface area (Å²) in [7, 11) is 1.31. The highest BCUT2D eigenvalue weighted by atomic mass is 16.5. The van der Waals surface area contributed by atoms with Crippen molar-refractivity contribution in [2.45, 2.75) is 18.9 Å². The number of carbonyl (C=O) groups is 1. The highest BCUT2D eigenvalue weighted by Gasteiger charge is 2.13.